The van der Waals surface area contributed by atoms with E-state index in [4.69, 9.17) is 28.3 Å². The van der Waals surface area contributed by atoms with E-state index in [1.807, 2.05) is 19.0 Å². The summed E-state index contributed by atoms with van der Waals surface area (Å²) >= 11 is 11.6. The summed E-state index contributed by atoms with van der Waals surface area (Å²) in [4.78, 5) is 30.0. The Kier molecular flexibility index (Phi) is 6.19. The number of nitrogens with zero attached hydrogens (tertiary/aromatic N) is 3. The van der Waals surface area contributed by atoms with Gasteiger partial charge >= 0.3 is 5.97 Å². The highest BCUT2D eigenvalue weighted by Gasteiger charge is 2.21. The number of aromatic nitrogens is 1. The first-order chi connectivity index (χ1) is 9.31. The summed E-state index contributed by atoms with van der Waals surface area (Å²) in [6.45, 7) is 0.410. The molecule has 0 aliphatic rings. The number of aliphatic carboxylic acids is 1. The number of likely N-dealkylation sites (N-methyl/N-ethyl adjacent to an activating group) is 1. The highest BCUT2D eigenvalue weighted by molar-refractivity contribution is 6.35. The van der Waals surface area contributed by atoms with Gasteiger partial charge in [0.1, 0.15) is 11.7 Å². The van der Waals surface area contributed by atoms with Crippen molar-refractivity contribution in [1.29, 1.82) is 0 Å². The normalized spacial score (nSPS) is 10.7. The molecule has 0 atom stereocenters. The Hall–Kier alpha value is -1.37. The van der Waals surface area contributed by atoms with Crippen molar-refractivity contribution >= 4 is 35.1 Å². The Labute approximate surface area is 126 Å². The highest BCUT2D eigenvalue weighted by atomic mass is 35.5. The second-order valence-corrected chi connectivity index (χ2v) is 5.21. The number of rotatable bonds is 6. The molecule has 0 fully saturated rings. The Morgan fingerprint density at radius 1 is 1.30 bits per heavy atom. The zero-order chi connectivity index (χ0) is 15.3. The average Bonchev–Trinajstić information content (AvgIpc) is 2.36. The number of carboxylic acid groups (broad SMARTS) is 1. The minimum atomic E-state index is -1.09. The van der Waals surface area contributed by atoms with Crippen molar-refractivity contribution in [2.24, 2.45) is 0 Å². The summed E-state index contributed by atoms with van der Waals surface area (Å²) in [6, 6.07) is 1.33. The summed E-state index contributed by atoms with van der Waals surface area (Å²) in [6.07, 6.45) is 1.27. The lowest BCUT2D eigenvalue weighted by atomic mass is 10.2. The number of halogens is 2. The van der Waals surface area contributed by atoms with Crippen LogP contribution in [0, 0.1) is 0 Å². The van der Waals surface area contributed by atoms with Crippen LogP contribution in [0.5, 0.6) is 0 Å². The fourth-order valence-corrected chi connectivity index (χ4v) is 1.83. The number of amides is 1. The van der Waals surface area contributed by atoms with E-state index in [9.17, 15) is 9.59 Å². The van der Waals surface area contributed by atoms with Crippen molar-refractivity contribution in [3.05, 3.63) is 28.0 Å². The van der Waals surface area contributed by atoms with Crippen LogP contribution in [0.2, 0.25) is 10.2 Å². The van der Waals surface area contributed by atoms with E-state index in [0.717, 1.165) is 0 Å². The van der Waals surface area contributed by atoms with E-state index in [1.165, 1.54) is 17.2 Å². The maximum atomic E-state index is 12.3. The van der Waals surface area contributed by atoms with Crippen molar-refractivity contribution in [2.75, 3.05) is 33.7 Å². The van der Waals surface area contributed by atoms with Gasteiger partial charge in [0.05, 0.1) is 10.6 Å². The predicted octanol–water partition coefficient (Wildman–Crippen LogP) is 1.48. The molecule has 0 bridgehead atoms. The maximum absolute atomic E-state index is 12.3. The second-order valence-electron chi connectivity index (χ2n) is 4.41. The first kappa shape index (κ1) is 16.7. The molecular formula is C12H15Cl2N3O3. The number of carboxylic acids is 1. The summed E-state index contributed by atoms with van der Waals surface area (Å²) in [5.74, 6) is -1.57. The van der Waals surface area contributed by atoms with Crippen LogP contribution >= 0.6 is 23.2 Å². The smallest absolute Gasteiger partial charge is 0.323 e. The van der Waals surface area contributed by atoms with E-state index >= 15 is 0 Å². The first-order valence-corrected chi connectivity index (χ1v) is 6.53. The van der Waals surface area contributed by atoms with Crippen LogP contribution in [0.15, 0.2) is 12.3 Å². The van der Waals surface area contributed by atoms with Gasteiger partial charge in [0, 0.05) is 19.3 Å². The molecule has 20 heavy (non-hydrogen) atoms. The molecule has 1 N–H and O–H groups in total. The van der Waals surface area contributed by atoms with Gasteiger partial charge in [-0.05, 0) is 20.2 Å². The third-order valence-corrected chi connectivity index (χ3v) is 2.99. The molecule has 0 saturated heterocycles. The SMILES string of the molecule is CN(C)CCN(CC(=O)O)C(=O)c1cc(Cl)ncc1Cl. The molecule has 0 saturated carbocycles. The summed E-state index contributed by atoms with van der Waals surface area (Å²) in [7, 11) is 3.67. The molecule has 8 heteroatoms. The lowest BCUT2D eigenvalue weighted by molar-refractivity contribution is -0.137. The summed E-state index contributed by atoms with van der Waals surface area (Å²) < 4.78 is 0. The van der Waals surface area contributed by atoms with Crippen molar-refractivity contribution < 1.29 is 14.7 Å². The monoisotopic (exact) mass is 319 g/mol. The Morgan fingerprint density at radius 2 is 1.95 bits per heavy atom. The van der Waals surface area contributed by atoms with Gasteiger partial charge in [0.2, 0.25) is 0 Å². The Morgan fingerprint density at radius 3 is 2.50 bits per heavy atom. The largest absolute Gasteiger partial charge is 0.480 e. The molecule has 1 aromatic heterocycles. The third-order valence-electron chi connectivity index (χ3n) is 2.48. The van der Waals surface area contributed by atoms with Crippen molar-refractivity contribution in [3.8, 4) is 0 Å². The van der Waals surface area contributed by atoms with Crippen molar-refractivity contribution in [1.82, 2.24) is 14.8 Å². The van der Waals surface area contributed by atoms with Crippen LogP contribution in [0.3, 0.4) is 0 Å². The van der Waals surface area contributed by atoms with Crippen molar-refractivity contribution in [3.63, 3.8) is 0 Å². The molecule has 6 nitrogen and oxygen atoms in total. The lowest BCUT2D eigenvalue weighted by Crippen LogP contribution is -2.40. The maximum Gasteiger partial charge on any atom is 0.323 e. The van der Waals surface area contributed by atoms with Crippen LogP contribution < -0.4 is 0 Å². The predicted molar refractivity (Wildman–Crippen MR) is 76.4 cm³/mol. The molecule has 0 radical (unpaired) electrons. The van der Waals surface area contributed by atoms with E-state index in [-0.39, 0.29) is 22.3 Å². The van der Waals surface area contributed by atoms with E-state index in [0.29, 0.717) is 6.54 Å². The fourth-order valence-electron chi connectivity index (χ4n) is 1.48. The fraction of sp³-hybridized carbons (Fsp3) is 0.417. The number of hydrogen-bond donors (Lipinski definition) is 1. The van der Waals surface area contributed by atoms with Gasteiger partial charge in [-0.2, -0.15) is 0 Å². The average molecular weight is 320 g/mol. The number of pyridine rings is 1. The molecule has 0 unspecified atom stereocenters. The van der Waals surface area contributed by atoms with Crippen LogP contribution in [-0.2, 0) is 4.79 Å². The quantitative estimate of drug-likeness (QED) is 0.804. The lowest BCUT2D eigenvalue weighted by Gasteiger charge is -2.23. The van der Waals surface area contributed by atoms with Gasteiger partial charge < -0.3 is 14.9 Å². The summed E-state index contributed by atoms with van der Waals surface area (Å²) in [5, 5.41) is 9.15. The highest BCUT2D eigenvalue weighted by Crippen LogP contribution is 2.19. The van der Waals surface area contributed by atoms with Gasteiger partial charge in [-0.25, -0.2) is 4.98 Å². The third kappa shape index (κ3) is 4.96. The van der Waals surface area contributed by atoms with Gasteiger partial charge in [-0.3, -0.25) is 9.59 Å². The minimum absolute atomic E-state index is 0.126. The van der Waals surface area contributed by atoms with Crippen LogP contribution in [0.25, 0.3) is 0 Å². The zero-order valence-corrected chi connectivity index (χ0v) is 12.6. The molecule has 0 spiro atoms. The molecule has 1 aromatic rings. The Balaban J connectivity index is 2.96. The molecular weight excluding hydrogens is 305 g/mol. The first-order valence-electron chi connectivity index (χ1n) is 5.78. The molecule has 0 aliphatic heterocycles. The summed E-state index contributed by atoms with van der Waals surface area (Å²) in [5.41, 5.74) is 0.145. The minimum Gasteiger partial charge on any atom is -0.480 e. The molecule has 110 valence electrons. The number of carbonyl (C=O) groups excluding carboxylic acids is 1. The number of hydrogen-bond acceptors (Lipinski definition) is 4. The van der Waals surface area contributed by atoms with E-state index < -0.39 is 18.4 Å². The van der Waals surface area contributed by atoms with Crippen LogP contribution in [0.4, 0.5) is 0 Å². The zero-order valence-electron chi connectivity index (χ0n) is 11.1. The topological polar surface area (TPSA) is 73.7 Å². The van der Waals surface area contributed by atoms with Crippen molar-refractivity contribution in [2.45, 2.75) is 0 Å². The molecule has 1 heterocycles. The number of carbonyl (C=O) groups is 2. The molecule has 1 amide bonds. The van der Waals surface area contributed by atoms with Gasteiger partial charge in [0.25, 0.3) is 5.91 Å². The molecule has 0 aromatic carbocycles. The van der Waals surface area contributed by atoms with Gasteiger partial charge in [0.15, 0.2) is 0 Å². The second kappa shape index (κ2) is 7.42. The molecule has 0 aliphatic carbocycles. The molecule has 1 rings (SSSR count). The van der Waals surface area contributed by atoms with Gasteiger partial charge in [-0.15, -0.1) is 0 Å². The Bertz CT molecular complexity index is 509. The van der Waals surface area contributed by atoms with Crippen LogP contribution in [0.1, 0.15) is 10.4 Å². The standard InChI is InChI=1S/C12H15Cl2N3O3/c1-16(2)3-4-17(7-11(18)19)12(20)8-5-10(14)15-6-9(8)13/h5-6H,3-4,7H2,1-2H3,(H,18,19). The van der Waals surface area contributed by atoms with Gasteiger partial charge in [-0.1, -0.05) is 23.2 Å². The van der Waals surface area contributed by atoms with E-state index in [2.05, 4.69) is 4.98 Å². The van der Waals surface area contributed by atoms with E-state index in [1.54, 1.807) is 0 Å². The van der Waals surface area contributed by atoms with Crippen LogP contribution in [-0.4, -0.2) is 65.5 Å².